The number of rotatable bonds is 2. The number of likely N-dealkylation sites (tertiary alicyclic amines) is 1. The normalized spacial score (nSPS) is 21.5. The molecule has 2 saturated heterocycles. The van der Waals surface area contributed by atoms with Gasteiger partial charge in [-0.3, -0.25) is 4.79 Å². The molecule has 0 bridgehead atoms. The molecular formula is C17H22FNO2. The number of hydrogen-bond donors (Lipinski definition) is 0. The summed E-state index contributed by atoms with van der Waals surface area (Å²) in [5, 5.41) is 0. The first kappa shape index (κ1) is 14.5. The topological polar surface area (TPSA) is 29.5 Å². The zero-order valence-corrected chi connectivity index (χ0v) is 12.3. The zero-order chi connectivity index (χ0) is 14.7. The lowest BCUT2D eigenvalue weighted by Gasteiger charge is -2.44. The maximum absolute atomic E-state index is 13.2. The van der Waals surface area contributed by atoms with Crippen LogP contribution in [0.2, 0.25) is 0 Å². The van der Waals surface area contributed by atoms with E-state index in [2.05, 4.69) is 0 Å². The molecular weight excluding hydrogens is 269 g/mol. The van der Waals surface area contributed by atoms with Crippen LogP contribution in [0.4, 0.5) is 4.39 Å². The average molecular weight is 291 g/mol. The van der Waals surface area contributed by atoms with Crippen LogP contribution in [0.25, 0.3) is 0 Å². The number of carbonyl (C=O) groups excluding carboxylic acids is 1. The van der Waals surface area contributed by atoms with Crippen molar-refractivity contribution in [1.82, 2.24) is 4.90 Å². The van der Waals surface area contributed by atoms with Crippen LogP contribution in [0, 0.1) is 5.82 Å². The summed E-state index contributed by atoms with van der Waals surface area (Å²) in [5.74, 6) is -0.195. The fourth-order valence-corrected chi connectivity index (χ4v) is 3.40. The molecule has 0 N–H and O–H groups in total. The van der Waals surface area contributed by atoms with E-state index in [1.165, 1.54) is 18.6 Å². The van der Waals surface area contributed by atoms with Gasteiger partial charge in [0, 0.05) is 19.7 Å². The first-order valence-electron chi connectivity index (χ1n) is 7.83. The maximum Gasteiger partial charge on any atom is 0.226 e. The second kappa shape index (κ2) is 6.14. The standard InChI is InChI=1S/C17H22FNO2/c18-15-5-3-4-14(12-15)13-16(20)19-9-7-17(8-10-19)6-1-2-11-21-17/h3-5,12H,1-2,6-11,13H2. The number of halogens is 1. The summed E-state index contributed by atoms with van der Waals surface area (Å²) in [4.78, 5) is 14.2. The van der Waals surface area contributed by atoms with Gasteiger partial charge in [0.1, 0.15) is 5.82 Å². The van der Waals surface area contributed by atoms with Crippen molar-refractivity contribution in [2.75, 3.05) is 19.7 Å². The highest BCUT2D eigenvalue weighted by Crippen LogP contribution is 2.34. The Bertz CT molecular complexity index is 501. The minimum Gasteiger partial charge on any atom is -0.375 e. The van der Waals surface area contributed by atoms with Crippen LogP contribution >= 0.6 is 0 Å². The van der Waals surface area contributed by atoms with E-state index < -0.39 is 0 Å². The summed E-state index contributed by atoms with van der Waals surface area (Å²) in [6, 6.07) is 6.29. The minimum absolute atomic E-state index is 0.0217. The van der Waals surface area contributed by atoms with Crippen molar-refractivity contribution >= 4 is 5.91 Å². The van der Waals surface area contributed by atoms with Crippen LogP contribution in [-0.2, 0) is 16.0 Å². The van der Waals surface area contributed by atoms with Gasteiger partial charge < -0.3 is 9.64 Å². The van der Waals surface area contributed by atoms with Gasteiger partial charge >= 0.3 is 0 Å². The molecule has 3 rings (SSSR count). The summed E-state index contributed by atoms with van der Waals surface area (Å²) in [6.45, 7) is 2.37. The van der Waals surface area contributed by atoms with E-state index in [4.69, 9.17) is 4.74 Å². The van der Waals surface area contributed by atoms with E-state index in [9.17, 15) is 9.18 Å². The highest BCUT2D eigenvalue weighted by Gasteiger charge is 2.37. The van der Waals surface area contributed by atoms with E-state index in [1.807, 2.05) is 4.90 Å². The predicted octanol–water partition coefficient (Wildman–Crippen LogP) is 2.93. The van der Waals surface area contributed by atoms with Crippen LogP contribution < -0.4 is 0 Å². The highest BCUT2D eigenvalue weighted by molar-refractivity contribution is 5.78. The van der Waals surface area contributed by atoms with E-state index in [1.54, 1.807) is 12.1 Å². The molecule has 1 aromatic carbocycles. The molecule has 1 spiro atoms. The Morgan fingerprint density at radius 3 is 2.71 bits per heavy atom. The second-order valence-electron chi connectivity index (χ2n) is 6.18. The third kappa shape index (κ3) is 3.43. The van der Waals surface area contributed by atoms with Crippen molar-refractivity contribution in [3.8, 4) is 0 Å². The van der Waals surface area contributed by atoms with Crippen molar-refractivity contribution in [2.45, 2.75) is 44.1 Å². The Morgan fingerprint density at radius 2 is 2.05 bits per heavy atom. The number of nitrogens with zero attached hydrogens (tertiary/aromatic N) is 1. The molecule has 21 heavy (non-hydrogen) atoms. The van der Waals surface area contributed by atoms with E-state index in [0.717, 1.165) is 50.9 Å². The van der Waals surface area contributed by atoms with E-state index in [0.29, 0.717) is 0 Å². The molecule has 2 fully saturated rings. The molecule has 0 saturated carbocycles. The average Bonchev–Trinajstić information content (AvgIpc) is 2.49. The van der Waals surface area contributed by atoms with Crippen LogP contribution in [0.5, 0.6) is 0 Å². The summed E-state index contributed by atoms with van der Waals surface area (Å²) in [6.07, 6.45) is 5.66. The predicted molar refractivity (Wildman–Crippen MR) is 78.5 cm³/mol. The Kier molecular flexibility index (Phi) is 4.24. The van der Waals surface area contributed by atoms with Gasteiger partial charge in [-0.05, 0) is 49.8 Å². The van der Waals surface area contributed by atoms with Crippen LogP contribution in [0.3, 0.4) is 0 Å². The molecule has 1 aromatic rings. The molecule has 2 aliphatic heterocycles. The number of ether oxygens (including phenoxy) is 1. The summed E-state index contributed by atoms with van der Waals surface area (Å²) in [7, 11) is 0. The largest absolute Gasteiger partial charge is 0.375 e. The number of benzene rings is 1. The number of carbonyl (C=O) groups is 1. The number of piperidine rings is 1. The molecule has 1 amide bonds. The van der Waals surface area contributed by atoms with Crippen LogP contribution in [0.15, 0.2) is 24.3 Å². The van der Waals surface area contributed by atoms with Crippen molar-refractivity contribution in [3.05, 3.63) is 35.6 Å². The Labute approximate surface area is 125 Å². The first-order valence-corrected chi connectivity index (χ1v) is 7.83. The van der Waals surface area contributed by atoms with Gasteiger partial charge in [-0.2, -0.15) is 0 Å². The third-order valence-corrected chi connectivity index (χ3v) is 4.71. The fourth-order valence-electron chi connectivity index (χ4n) is 3.40. The monoisotopic (exact) mass is 291 g/mol. The van der Waals surface area contributed by atoms with E-state index in [-0.39, 0.29) is 23.7 Å². The summed E-state index contributed by atoms with van der Waals surface area (Å²) < 4.78 is 19.1. The Morgan fingerprint density at radius 1 is 1.24 bits per heavy atom. The number of amides is 1. The van der Waals surface area contributed by atoms with Gasteiger partial charge in [-0.25, -0.2) is 4.39 Å². The quantitative estimate of drug-likeness (QED) is 0.838. The SMILES string of the molecule is O=C(Cc1cccc(F)c1)N1CCC2(CCCCO2)CC1. The fraction of sp³-hybridized carbons (Fsp3) is 0.588. The van der Waals surface area contributed by atoms with Crippen molar-refractivity contribution < 1.29 is 13.9 Å². The summed E-state index contributed by atoms with van der Waals surface area (Å²) in [5.41, 5.74) is 0.766. The van der Waals surface area contributed by atoms with Crippen LogP contribution in [0.1, 0.15) is 37.7 Å². The third-order valence-electron chi connectivity index (χ3n) is 4.71. The van der Waals surface area contributed by atoms with Gasteiger partial charge in [0.05, 0.1) is 12.0 Å². The Balaban J connectivity index is 1.55. The van der Waals surface area contributed by atoms with Crippen LogP contribution in [-0.4, -0.2) is 36.1 Å². The smallest absolute Gasteiger partial charge is 0.226 e. The molecule has 3 nitrogen and oxygen atoms in total. The van der Waals surface area contributed by atoms with Crippen molar-refractivity contribution in [1.29, 1.82) is 0 Å². The lowest BCUT2D eigenvalue weighted by atomic mass is 9.84. The van der Waals surface area contributed by atoms with Crippen molar-refractivity contribution in [3.63, 3.8) is 0 Å². The lowest BCUT2D eigenvalue weighted by Crippen LogP contribution is -2.49. The van der Waals surface area contributed by atoms with Gasteiger partial charge in [0.25, 0.3) is 0 Å². The molecule has 0 radical (unpaired) electrons. The Hall–Kier alpha value is -1.42. The van der Waals surface area contributed by atoms with Gasteiger partial charge in [-0.1, -0.05) is 12.1 Å². The highest BCUT2D eigenvalue weighted by atomic mass is 19.1. The van der Waals surface area contributed by atoms with Gasteiger partial charge in [0.2, 0.25) is 5.91 Å². The molecule has 4 heteroatoms. The van der Waals surface area contributed by atoms with E-state index >= 15 is 0 Å². The molecule has 2 heterocycles. The van der Waals surface area contributed by atoms with Crippen molar-refractivity contribution in [2.24, 2.45) is 0 Å². The molecule has 2 aliphatic rings. The van der Waals surface area contributed by atoms with Gasteiger partial charge in [-0.15, -0.1) is 0 Å². The summed E-state index contributed by atoms with van der Waals surface area (Å²) >= 11 is 0. The molecule has 0 aliphatic carbocycles. The number of hydrogen-bond acceptors (Lipinski definition) is 2. The molecule has 0 unspecified atom stereocenters. The molecule has 114 valence electrons. The second-order valence-corrected chi connectivity index (χ2v) is 6.18. The minimum atomic E-state index is -0.284. The van der Waals surface area contributed by atoms with Gasteiger partial charge in [0.15, 0.2) is 0 Å². The molecule has 0 atom stereocenters. The zero-order valence-electron chi connectivity index (χ0n) is 12.3. The maximum atomic E-state index is 13.2. The first-order chi connectivity index (χ1) is 10.2. The lowest BCUT2D eigenvalue weighted by molar-refractivity contribution is -0.142. The molecule has 0 aromatic heterocycles.